The molecule has 1 N–H and O–H groups in total. The molecule has 2 aliphatic rings. The highest BCUT2D eigenvalue weighted by Crippen LogP contribution is 2.53. The zero-order valence-electron chi connectivity index (χ0n) is 10.3. The Hall–Kier alpha value is -1.10. The molecule has 19 heavy (non-hydrogen) atoms. The number of halogens is 2. The molecule has 0 spiro atoms. The lowest BCUT2D eigenvalue weighted by atomic mass is 9.95. The van der Waals surface area contributed by atoms with E-state index < -0.39 is 17.2 Å². The van der Waals surface area contributed by atoms with Gasteiger partial charge >= 0.3 is 5.97 Å². The van der Waals surface area contributed by atoms with Gasteiger partial charge in [0.2, 0.25) is 0 Å². The number of rotatable bonds is 5. The van der Waals surface area contributed by atoms with Gasteiger partial charge in [0, 0.05) is 5.56 Å². The molecule has 0 saturated heterocycles. The van der Waals surface area contributed by atoms with Gasteiger partial charge in [-0.05, 0) is 59.7 Å². The Morgan fingerprint density at radius 3 is 2.68 bits per heavy atom. The van der Waals surface area contributed by atoms with Crippen LogP contribution in [-0.2, 0) is 10.2 Å². The van der Waals surface area contributed by atoms with Crippen molar-refractivity contribution in [2.75, 3.05) is 6.61 Å². The third-order valence-corrected chi connectivity index (χ3v) is 4.43. The van der Waals surface area contributed by atoms with E-state index in [1.165, 1.54) is 12.1 Å². The fraction of sp³-hybridized carbons (Fsp3) is 0.500. The van der Waals surface area contributed by atoms with Crippen molar-refractivity contribution < 1.29 is 19.0 Å². The second-order valence-electron chi connectivity index (χ2n) is 5.41. The summed E-state index contributed by atoms with van der Waals surface area (Å²) in [7, 11) is 0. The van der Waals surface area contributed by atoms with E-state index in [2.05, 4.69) is 15.9 Å². The first-order chi connectivity index (χ1) is 9.03. The molecule has 5 heteroatoms. The summed E-state index contributed by atoms with van der Waals surface area (Å²) in [5, 5.41) is 9.36. The fourth-order valence-electron chi connectivity index (χ4n) is 2.27. The standard InChI is InChI=1S/C14H14BrFO3/c15-11-6-9(16)5-10(14(3-4-14)13(17)18)12(11)19-7-8-1-2-8/h5-6,8H,1-4,7H2,(H,17,18). The average molecular weight is 329 g/mol. The molecule has 102 valence electrons. The Morgan fingerprint density at radius 1 is 1.47 bits per heavy atom. The first-order valence-corrected chi connectivity index (χ1v) is 7.18. The Labute approximate surface area is 118 Å². The van der Waals surface area contributed by atoms with Crippen molar-refractivity contribution in [1.29, 1.82) is 0 Å². The van der Waals surface area contributed by atoms with Gasteiger partial charge in [-0.1, -0.05) is 0 Å². The van der Waals surface area contributed by atoms with E-state index in [-0.39, 0.29) is 0 Å². The molecule has 0 unspecified atom stereocenters. The fourth-order valence-corrected chi connectivity index (χ4v) is 2.82. The number of benzene rings is 1. The largest absolute Gasteiger partial charge is 0.492 e. The smallest absolute Gasteiger partial charge is 0.314 e. The highest BCUT2D eigenvalue weighted by atomic mass is 79.9. The molecule has 1 aromatic rings. The van der Waals surface area contributed by atoms with E-state index in [4.69, 9.17) is 4.74 Å². The summed E-state index contributed by atoms with van der Waals surface area (Å²) in [5.74, 6) is -0.285. The molecule has 0 radical (unpaired) electrons. The number of hydrogen-bond donors (Lipinski definition) is 1. The summed E-state index contributed by atoms with van der Waals surface area (Å²) in [4.78, 5) is 11.4. The normalized spacial score (nSPS) is 20.1. The van der Waals surface area contributed by atoms with E-state index in [0.717, 1.165) is 12.8 Å². The lowest BCUT2D eigenvalue weighted by Gasteiger charge is -2.18. The molecule has 0 aromatic heterocycles. The topological polar surface area (TPSA) is 46.5 Å². The van der Waals surface area contributed by atoms with Crippen LogP contribution in [-0.4, -0.2) is 17.7 Å². The molecule has 3 rings (SSSR count). The van der Waals surface area contributed by atoms with Crippen LogP contribution >= 0.6 is 15.9 Å². The van der Waals surface area contributed by atoms with Gasteiger partial charge < -0.3 is 9.84 Å². The molecule has 0 aliphatic heterocycles. The lowest BCUT2D eigenvalue weighted by Crippen LogP contribution is -2.21. The van der Waals surface area contributed by atoms with Crippen LogP contribution in [0.5, 0.6) is 5.75 Å². The minimum atomic E-state index is -0.955. The van der Waals surface area contributed by atoms with Gasteiger partial charge in [-0.15, -0.1) is 0 Å². The summed E-state index contributed by atoms with van der Waals surface area (Å²) < 4.78 is 19.8. The van der Waals surface area contributed by atoms with Crippen LogP contribution in [0, 0.1) is 11.7 Å². The Bertz CT molecular complexity index is 536. The molecule has 1 aromatic carbocycles. The van der Waals surface area contributed by atoms with Crippen LogP contribution < -0.4 is 4.74 Å². The van der Waals surface area contributed by atoms with Crippen molar-refractivity contribution in [2.45, 2.75) is 31.1 Å². The molecule has 3 nitrogen and oxygen atoms in total. The van der Waals surface area contributed by atoms with Gasteiger partial charge in [-0.25, -0.2) is 4.39 Å². The highest BCUT2D eigenvalue weighted by molar-refractivity contribution is 9.10. The maximum atomic E-state index is 13.6. The predicted molar refractivity (Wildman–Crippen MR) is 70.9 cm³/mol. The maximum Gasteiger partial charge on any atom is 0.314 e. The van der Waals surface area contributed by atoms with Crippen LogP contribution in [0.15, 0.2) is 16.6 Å². The monoisotopic (exact) mass is 328 g/mol. The Kier molecular flexibility index (Phi) is 3.04. The highest BCUT2D eigenvalue weighted by Gasteiger charge is 2.54. The van der Waals surface area contributed by atoms with Gasteiger partial charge in [0.1, 0.15) is 11.6 Å². The minimum Gasteiger partial charge on any atom is -0.492 e. The number of carboxylic acids is 1. The van der Waals surface area contributed by atoms with Crippen molar-refractivity contribution in [3.63, 3.8) is 0 Å². The Morgan fingerprint density at radius 2 is 2.16 bits per heavy atom. The maximum absolute atomic E-state index is 13.6. The van der Waals surface area contributed by atoms with E-state index in [9.17, 15) is 14.3 Å². The third kappa shape index (κ3) is 2.36. The molecule has 2 fully saturated rings. The summed E-state index contributed by atoms with van der Waals surface area (Å²) in [6.45, 7) is 0.576. The number of hydrogen-bond acceptors (Lipinski definition) is 2. The number of aliphatic carboxylic acids is 1. The number of carbonyl (C=O) groups is 1. The van der Waals surface area contributed by atoms with Crippen LogP contribution in [0.2, 0.25) is 0 Å². The quantitative estimate of drug-likeness (QED) is 0.899. The summed E-state index contributed by atoms with van der Waals surface area (Å²) in [5.41, 5.74) is -0.490. The average Bonchev–Trinajstić information content (AvgIpc) is 3.22. The van der Waals surface area contributed by atoms with Crippen molar-refractivity contribution in [3.05, 3.63) is 28.0 Å². The molecule has 0 amide bonds. The van der Waals surface area contributed by atoms with Gasteiger partial charge in [0.05, 0.1) is 16.5 Å². The van der Waals surface area contributed by atoms with Crippen molar-refractivity contribution in [1.82, 2.24) is 0 Å². The molecule has 2 aliphatic carbocycles. The van der Waals surface area contributed by atoms with Crippen LogP contribution in [0.25, 0.3) is 0 Å². The zero-order valence-corrected chi connectivity index (χ0v) is 11.9. The molecule has 0 heterocycles. The van der Waals surface area contributed by atoms with Gasteiger partial charge in [-0.3, -0.25) is 4.79 Å². The van der Waals surface area contributed by atoms with Gasteiger partial charge in [0.15, 0.2) is 0 Å². The lowest BCUT2D eigenvalue weighted by molar-refractivity contribution is -0.140. The summed E-state index contributed by atoms with van der Waals surface area (Å²) in [6, 6.07) is 2.62. The van der Waals surface area contributed by atoms with Crippen molar-refractivity contribution >= 4 is 21.9 Å². The number of carboxylic acid groups (broad SMARTS) is 1. The summed E-state index contributed by atoms with van der Waals surface area (Å²) >= 11 is 3.28. The molecular formula is C14H14BrFO3. The predicted octanol–water partition coefficient (Wildman–Crippen LogP) is 3.49. The van der Waals surface area contributed by atoms with E-state index >= 15 is 0 Å². The van der Waals surface area contributed by atoms with E-state index in [0.29, 0.717) is 41.2 Å². The summed E-state index contributed by atoms with van der Waals surface area (Å²) in [6.07, 6.45) is 3.38. The zero-order chi connectivity index (χ0) is 13.6. The van der Waals surface area contributed by atoms with Gasteiger partial charge in [0.25, 0.3) is 0 Å². The minimum absolute atomic E-state index is 0.437. The molecule has 2 saturated carbocycles. The first-order valence-electron chi connectivity index (χ1n) is 6.39. The van der Waals surface area contributed by atoms with Crippen molar-refractivity contribution in [3.8, 4) is 5.75 Å². The second kappa shape index (κ2) is 4.47. The van der Waals surface area contributed by atoms with Crippen LogP contribution in [0.1, 0.15) is 31.2 Å². The SMILES string of the molecule is O=C(O)C1(c2cc(F)cc(Br)c2OCC2CC2)CC1. The van der Waals surface area contributed by atoms with E-state index in [1.54, 1.807) is 0 Å². The van der Waals surface area contributed by atoms with Gasteiger partial charge in [-0.2, -0.15) is 0 Å². The van der Waals surface area contributed by atoms with E-state index in [1.807, 2.05) is 0 Å². The first kappa shape index (κ1) is 12.9. The van der Waals surface area contributed by atoms with Crippen LogP contribution in [0.3, 0.4) is 0 Å². The van der Waals surface area contributed by atoms with Crippen molar-refractivity contribution in [2.24, 2.45) is 5.92 Å². The number of ether oxygens (including phenoxy) is 1. The molecule has 0 atom stereocenters. The molecule has 0 bridgehead atoms. The third-order valence-electron chi connectivity index (χ3n) is 3.84. The molecular weight excluding hydrogens is 315 g/mol. The second-order valence-corrected chi connectivity index (χ2v) is 6.26. The Balaban J connectivity index is 1.98. The van der Waals surface area contributed by atoms with Crippen LogP contribution in [0.4, 0.5) is 4.39 Å².